The molecule has 1 aliphatic rings. The zero-order chi connectivity index (χ0) is 10.5. The van der Waals surface area contributed by atoms with Crippen molar-refractivity contribution < 1.29 is 0 Å². The number of aromatic amines is 1. The lowest BCUT2D eigenvalue weighted by molar-refractivity contribution is 0.162. The lowest BCUT2D eigenvalue weighted by atomic mass is 10.1. The van der Waals surface area contributed by atoms with Crippen molar-refractivity contribution in [3.63, 3.8) is 0 Å². The third kappa shape index (κ3) is 4.51. The van der Waals surface area contributed by atoms with Crippen LogP contribution in [-0.2, 0) is 0 Å². The highest BCUT2D eigenvalue weighted by Crippen LogP contribution is 2.24. The van der Waals surface area contributed by atoms with E-state index in [0.29, 0.717) is 6.04 Å². The van der Waals surface area contributed by atoms with Crippen molar-refractivity contribution in [3.8, 4) is 0 Å². The van der Waals surface area contributed by atoms with E-state index < -0.39 is 0 Å². The molecule has 2 rings (SSSR count). The summed E-state index contributed by atoms with van der Waals surface area (Å²) in [4.78, 5) is 5.95. The molecule has 2 N–H and O–H groups in total. The number of nitrogens with zero attached hydrogens (tertiary/aromatic N) is 1. The summed E-state index contributed by atoms with van der Waals surface area (Å²) in [6.45, 7) is 6.85. The Kier molecular flexibility index (Phi) is 8.70. The van der Waals surface area contributed by atoms with Gasteiger partial charge in [0.2, 0.25) is 0 Å². The number of piperazine rings is 1. The molecule has 1 saturated heterocycles. The first-order valence-corrected chi connectivity index (χ1v) is 6.00. The Morgan fingerprint density at radius 2 is 2.00 bits per heavy atom. The van der Waals surface area contributed by atoms with Gasteiger partial charge in [0.05, 0.1) is 0 Å². The second-order valence-corrected chi connectivity index (χ2v) is 4.22. The Labute approximate surface area is 116 Å². The van der Waals surface area contributed by atoms with Crippen LogP contribution in [-0.4, -0.2) is 36.1 Å². The first-order chi connectivity index (χ1) is 7.42. The molecule has 1 aromatic rings. The van der Waals surface area contributed by atoms with E-state index >= 15 is 0 Å². The summed E-state index contributed by atoms with van der Waals surface area (Å²) in [5.74, 6) is 0. The number of aromatic nitrogens is 1. The molecule has 2 heterocycles. The summed E-state index contributed by atoms with van der Waals surface area (Å²) in [6.07, 6.45) is 4.52. The number of nitrogens with one attached hydrogen (secondary N) is 2. The molecule has 0 amide bonds. The average Bonchev–Trinajstić information content (AvgIpc) is 2.80. The van der Waals surface area contributed by atoms with Crippen LogP contribution < -0.4 is 5.32 Å². The molecule has 1 aliphatic heterocycles. The predicted octanol–water partition coefficient (Wildman–Crippen LogP) is 2.60. The molecule has 1 fully saturated rings. The van der Waals surface area contributed by atoms with Crippen LogP contribution in [0, 0.1) is 0 Å². The van der Waals surface area contributed by atoms with Gasteiger partial charge in [-0.3, -0.25) is 4.90 Å². The Bertz CT molecular complexity index is 271. The van der Waals surface area contributed by atoms with Crippen molar-refractivity contribution in [2.24, 2.45) is 0 Å². The lowest BCUT2D eigenvalue weighted by Gasteiger charge is -2.34. The number of H-pyrrole nitrogens is 1. The normalized spacial score (nSPS) is 17.9. The number of halogens is 2. The highest BCUT2D eigenvalue weighted by Gasteiger charge is 2.21. The van der Waals surface area contributed by atoms with Crippen LogP contribution in [0.15, 0.2) is 18.3 Å². The van der Waals surface area contributed by atoms with Gasteiger partial charge in [-0.1, -0.05) is 13.3 Å². The van der Waals surface area contributed by atoms with Crippen molar-refractivity contribution >= 4 is 24.8 Å². The highest BCUT2D eigenvalue weighted by molar-refractivity contribution is 5.85. The fourth-order valence-corrected chi connectivity index (χ4v) is 2.35. The van der Waals surface area contributed by atoms with Gasteiger partial charge in [-0.05, 0) is 18.6 Å². The van der Waals surface area contributed by atoms with Crippen molar-refractivity contribution in [2.75, 3.05) is 26.2 Å². The van der Waals surface area contributed by atoms with Crippen molar-refractivity contribution in [3.05, 3.63) is 24.0 Å². The zero-order valence-corrected chi connectivity index (χ0v) is 11.9. The molecule has 0 saturated carbocycles. The molecule has 0 bridgehead atoms. The van der Waals surface area contributed by atoms with E-state index in [1.807, 2.05) is 6.20 Å². The maximum absolute atomic E-state index is 3.41. The van der Waals surface area contributed by atoms with Crippen molar-refractivity contribution in [2.45, 2.75) is 25.8 Å². The van der Waals surface area contributed by atoms with Crippen LogP contribution in [0.4, 0.5) is 0 Å². The minimum atomic E-state index is 0. The maximum atomic E-state index is 3.41. The highest BCUT2D eigenvalue weighted by atomic mass is 35.5. The summed E-state index contributed by atoms with van der Waals surface area (Å²) in [5, 5.41) is 3.41. The van der Waals surface area contributed by atoms with Gasteiger partial charge in [0.1, 0.15) is 0 Å². The van der Waals surface area contributed by atoms with Gasteiger partial charge in [0.25, 0.3) is 0 Å². The molecule has 0 aliphatic carbocycles. The first kappa shape index (κ1) is 16.8. The molecule has 3 nitrogen and oxygen atoms in total. The monoisotopic (exact) mass is 279 g/mol. The number of hydrogen-bond acceptors (Lipinski definition) is 2. The van der Waals surface area contributed by atoms with Gasteiger partial charge < -0.3 is 10.3 Å². The molecule has 1 aromatic heterocycles. The maximum Gasteiger partial charge on any atom is 0.0499 e. The molecular formula is C12H23Cl2N3. The Balaban J connectivity index is 0.00000128. The van der Waals surface area contributed by atoms with E-state index in [4.69, 9.17) is 0 Å². The summed E-state index contributed by atoms with van der Waals surface area (Å²) < 4.78 is 0. The first-order valence-electron chi connectivity index (χ1n) is 6.00. The van der Waals surface area contributed by atoms with Gasteiger partial charge in [0, 0.05) is 44.1 Å². The lowest BCUT2D eigenvalue weighted by Crippen LogP contribution is -2.45. The van der Waals surface area contributed by atoms with Crippen LogP contribution in [0.25, 0.3) is 0 Å². The van der Waals surface area contributed by atoms with Crippen LogP contribution >= 0.6 is 24.8 Å². The van der Waals surface area contributed by atoms with Gasteiger partial charge >= 0.3 is 0 Å². The van der Waals surface area contributed by atoms with Crippen molar-refractivity contribution in [1.82, 2.24) is 15.2 Å². The predicted molar refractivity (Wildman–Crippen MR) is 77.4 cm³/mol. The smallest absolute Gasteiger partial charge is 0.0499 e. The summed E-state index contributed by atoms with van der Waals surface area (Å²) >= 11 is 0. The fourth-order valence-electron chi connectivity index (χ4n) is 2.35. The van der Waals surface area contributed by atoms with Crippen LogP contribution in [0.1, 0.15) is 31.5 Å². The van der Waals surface area contributed by atoms with Gasteiger partial charge in [0.15, 0.2) is 0 Å². The average molecular weight is 280 g/mol. The van der Waals surface area contributed by atoms with Crippen LogP contribution in [0.5, 0.6) is 0 Å². The molecule has 0 spiro atoms. The third-order valence-corrected chi connectivity index (χ3v) is 3.14. The van der Waals surface area contributed by atoms with E-state index in [1.165, 1.54) is 31.6 Å². The molecule has 100 valence electrons. The third-order valence-electron chi connectivity index (χ3n) is 3.14. The summed E-state index contributed by atoms with van der Waals surface area (Å²) in [5.41, 5.74) is 1.37. The molecule has 5 heteroatoms. The van der Waals surface area contributed by atoms with E-state index in [-0.39, 0.29) is 24.8 Å². The molecular weight excluding hydrogens is 257 g/mol. The number of hydrogen-bond donors (Lipinski definition) is 2. The minimum Gasteiger partial charge on any atom is -0.364 e. The quantitative estimate of drug-likeness (QED) is 0.888. The van der Waals surface area contributed by atoms with Gasteiger partial charge in [-0.2, -0.15) is 0 Å². The zero-order valence-electron chi connectivity index (χ0n) is 10.3. The second kappa shape index (κ2) is 8.81. The standard InChI is InChI=1S/C12H21N3.2ClH/c1-2-4-12(11-5-3-6-14-11)15-9-7-13-8-10-15;;/h3,5-6,12-14H,2,4,7-10H2,1H3;2*1H/t12-;;/m1../s1. The van der Waals surface area contributed by atoms with Crippen LogP contribution in [0.3, 0.4) is 0 Å². The minimum absolute atomic E-state index is 0. The molecule has 17 heavy (non-hydrogen) atoms. The van der Waals surface area contributed by atoms with E-state index in [1.54, 1.807) is 0 Å². The Hall–Kier alpha value is -0.220. The van der Waals surface area contributed by atoms with E-state index in [9.17, 15) is 0 Å². The van der Waals surface area contributed by atoms with E-state index in [2.05, 4.69) is 34.3 Å². The summed E-state index contributed by atoms with van der Waals surface area (Å²) in [6, 6.07) is 4.90. The van der Waals surface area contributed by atoms with Gasteiger partial charge in [-0.15, -0.1) is 24.8 Å². The van der Waals surface area contributed by atoms with Gasteiger partial charge in [-0.25, -0.2) is 0 Å². The van der Waals surface area contributed by atoms with Crippen LogP contribution in [0.2, 0.25) is 0 Å². The molecule has 0 radical (unpaired) electrons. The van der Waals surface area contributed by atoms with E-state index in [0.717, 1.165) is 13.1 Å². The molecule has 1 atom stereocenters. The van der Waals surface area contributed by atoms with Crippen molar-refractivity contribution in [1.29, 1.82) is 0 Å². The Morgan fingerprint density at radius 3 is 2.53 bits per heavy atom. The second-order valence-electron chi connectivity index (χ2n) is 4.22. The SMILES string of the molecule is CCC[C@H](c1ccc[nH]1)N1CCNCC1.Cl.Cl. The molecule has 0 aromatic carbocycles. The molecule has 0 unspecified atom stereocenters. The summed E-state index contributed by atoms with van der Waals surface area (Å²) in [7, 11) is 0. The number of rotatable bonds is 4. The largest absolute Gasteiger partial charge is 0.364 e. The Morgan fingerprint density at radius 1 is 1.29 bits per heavy atom. The fraction of sp³-hybridized carbons (Fsp3) is 0.667. The topological polar surface area (TPSA) is 31.1 Å².